The minimum Gasteiger partial charge on any atom is -0.375 e. The van der Waals surface area contributed by atoms with Crippen molar-refractivity contribution in [2.24, 2.45) is 0 Å². The van der Waals surface area contributed by atoms with E-state index in [-0.39, 0.29) is 0 Å². The highest BCUT2D eigenvalue weighted by atomic mass is 79.9. The molecule has 0 spiro atoms. The maximum Gasteiger partial charge on any atom is 0.0776 e. The third kappa shape index (κ3) is 4.24. The minimum absolute atomic E-state index is 0.561. The smallest absolute Gasteiger partial charge is 0.0776 e. The van der Waals surface area contributed by atoms with Gasteiger partial charge in [0.25, 0.3) is 0 Å². The third-order valence-corrected chi connectivity index (χ3v) is 2.22. The second-order valence-corrected chi connectivity index (χ2v) is 4.30. The van der Waals surface area contributed by atoms with E-state index in [1.54, 1.807) is 0 Å². The van der Waals surface area contributed by atoms with E-state index in [9.17, 15) is 0 Å². The maximum absolute atomic E-state index is 5.43. The lowest BCUT2D eigenvalue weighted by molar-refractivity contribution is 0.124. The van der Waals surface area contributed by atoms with E-state index in [1.165, 1.54) is 19.3 Å². The molecule has 1 saturated heterocycles. The van der Waals surface area contributed by atoms with Crippen LogP contribution in [0, 0.1) is 0 Å². The quantitative estimate of drug-likeness (QED) is 0.803. The van der Waals surface area contributed by atoms with Crippen molar-refractivity contribution in [3.05, 3.63) is 11.1 Å². The van der Waals surface area contributed by atoms with Gasteiger partial charge in [0.05, 0.1) is 13.2 Å². The number of ether oxygens (including phenoxy) is 1. The molecule has 1 unspecified atom stereocenters. The molecule has 0 amide bonds. The molecule has 1 aliphatic heterocycles. The van der Waals surface area contributed by atoms with Crippen LogP contribution in [0.4, 0.5) is 0 Å². The topological polar surface area (TPSA) is 21.3 Å². The van der Waals surface area contributed by atoms with E-state index in [0.29, 0.717) is 12.6 Å². The molecule has 3 heteroatoms. The van der Waals surface area contributed by atoms with Crippen LogP contribution in [-0.4, -0.2) is 25.8 Å². The number of hydrogen-bond donors (Lipinski definition) is 1. The van der Waals surface area contributed by atoms with Gasteiger partial charge in [-0.2, -0.15) is 0 Å². The van der Waals surface area contributed by atoms with Gasteiger partial charge < -0.3 is 10.1 Å². The van der Waals surface area contributed by atoms with Crippen molar-refractivity contribution >= 4 is 15.9 Å². The normalized spacial score (nSPS) is 23.9. The molecule has 1 aliphatic rings. The summed E-state index contributed by atoms with van der Waals surface area (Å²) in [5.74, 6) is 0. The summed E-state index contributed by atoms with van der Waals surface area (Å²) in [6, 6.07) is 0.561. The largest absolute Gasteiger partial charge is 0.375 e. The minimum atomic E-state index is 0.561. The molecular formula is C9H16BrNO. The van der Waals surface area contributed by atoms with E-state index in [0.717, 1.165) is 17.6 Å². The van der Waals surface area contributed by atoms with Crippen molar-refractivity contribution in [2.45, 2.75) is 25.3 Å². The summed E-state index contributed by atoms with van der Waals surface area (Å²) in [6.45, 7) is 6.28. The first kappa shape index (κ1) is 10.2. The van der Waals surface area contributed by atoms with Gasteiger partial charge in [0.1, 0.15) is 0 Å². The first-order valence-corrected chi connectivity index (χ1v) is 5.23. The summed E-state index contributed by atoms with van der Waals surface area (Å²) < 4.78 is 6.34. The van der Waals surface area contributed by atoms with Gasteiger partial charge in [-0.3, -0.25) is 0 Å². The second kappa shape index (κ2) is 5.73. The van der Waals surface area contributed by atoms with Crippen molar-refractivity contribution < 1.29 is 4.74 Å². The number of halogens is 1. The zero-order valence-electron chi connectivity index (χ0n) is 7.31. The van der Waals surface area contributed by atoms with Gasteiger partial charge in [-0.15, -0.1) is 0 Å². The standard InChI is InChI=1S/C9H16BrNO/c1-8(10)6-12-7-9-4-2-3-5-11-9/h9,11H,1-7H2. The molecule has 0 aromatic rings. The molecule has 2 nitrogen and oxygen atoms in total. The Hall–Kier alpha value is 0.140. The van der Waals surface area contributed by atoms with E-state index >= 15 is 0 Å². The van der Waals surface area contributed by atoms with Crippen LogP contribution in [0.1, 0.15) is 19.3 Å². The Labute approximate surface area is 82.5 Å². The van der Waals surface area contributed by atoms with Crippen molar-refractivity contribution in [3.8, 4) is 0 Å². The van der Waals surface area contributed by atoms with E-state index < -0.39 is 0 Å². The molecule has 0 aliphatic carbocycles. The third-order valence-electron chi connectivity index (χ3n) is 1.99. The molecule has 1 heterocycles. The molecule has 1 fully saturated rings. The number of rotatable bonds is 4. The van der Waals surface area contributed by atoms with Crippen LogP contribution >= 0.6 is 15.9 Å². The van der Waals surface area contributed by atoms with Crippen LogP contribution in [0.5, 0.6) is 0 Å². The van der Waals surface area contributed by atoms with Crippen molar-refractivity contribution in [1.29, 1.82) is 0 Å². The zero-order valence-corrected chi connectivity index (χ0v) is 8.90. The Bertz CT molecular complexity index is 143. The number of hydrogen-bond acceptors (Lipinski definition) is 2. The second-order valence-electron chi connectivity index (χ2n) is 3.18. The average Bonchev–Trinajstić information content (AvgIpc) is 2.05. The lowest BCUT2D eigenvalue weighted by Gasteiger charge is -2.22. The van der Waals surface area contributed by atoms with Crippen LogP contribution in [0.2, 0.25) is 0 Å². The summed E-state index contributed by atoms with van der Waals surface area (Å²) in [4.78, 5) is 0. The van der Waals surface area contributed by atoms with Crippen LogP contribution in [0.15, 0.2) is 11.1 Å². The van der Waals surface area contributed by atoms with Crippen LogP contribution < -0.4 is 5.32 Å². The van der Waals surface area contributed by atoms with E-state index in [2.05, 4.69) is 27.8 Å². The van der Waals surface area contributed by atoms with E-state index in [1.807, 2.05) is 0 Å². The first-order chi connectivity index (χ1) is 5.79. The molecule has 0 aromatic carbocycles. The highest BCUT2D eigenvalue weighted by Gasteiger charge is 2.11. The first-order valence-electron chi connectivity index (χ1n) is 4.43. The molecule has 0 aromatic heterocycles. The Kier molecular flexibility index (Phi) is 4.88. The summed E-state index contributed by atoms with van der Waals surface area (Å²) in [7, 11) is 0. The van der Waals surface area contributed by atoms with Crippen molar-refractivity contribution in [2.75, 3.05) is 19.8 Å². The number of piperidine rings is 1. The zero-order chi connectivity index (χ0) is 8.81. The molecule has 1 N–H and O–H groups in total. The molecule has 0 bridgehead atoms. The molecule has 70 valence electrons. The molecule has 0 radical (unpaired) electrons. The van der Waals surface area contributed by atoms with Crippen LogP contribution in [0.25, 0.3) is 0 Å². The summed E-state index contributed by atoms with van der Waals surface area (Å²) in [6.07, 6.45) is 3.88. The van der Waals surface area contributed by atoms with Gasteiger partial charge in [0.2, 0.25) is 0 Å². The fourth-order valence-electron chi connectivity index (χ4n) is 1.38. The Balaban J connectivity index is 2.01. The average molecular weight is 234 g/mol. The van der Waals surface area contributed by atoms with Crippen LogP contribution in [0.3, 0.4) is 0 Å². The maximum atomic E-state index is 5.43. The van der Waals surface area contributed by atoms with Gasteiger partial charge in [0.15, 0.2) is 0 Å². The van der Waals surface area contributed by atoms with Gasteiger partial charge in [-0.05, 0) is 19.4 Å². The lowest BCUT2D eigenvalue weighted by Crippen LogP contribution is -2.37. The Morgan fingerprint density at radius 3 is 3.00 bits per heavy atom. The summed E-state index contributed by atoms with van der Waals surface area (Å²) in [5.41, 5.74) is 0. The van der Waals surface area contributed by atoms with Gasteiger partial charge >= 0.3 is 0 Å². The number of nitrogens with one attached hydrogen (secondary N) is 1. The highest BCUT2D eigenvalue weighted by molar-refractivity contribution is 9.11. The van der Waals surface area contributed by atoms with Gasteiger partial charge in [-0.25, -0.2) is 0 Å². The predicted octanol–water partition coefficient (Wildman–Crippen LogP) is 2.05. The summed E-state index contributed by atoms with van der Waals surface area (Å²) >= 11 is 3.26. The molecule has 0 saturated carbocycles. The molecule has 12 heavy (non-hydrogen) atoms. The molecule has 1 atom stereocenters. The highest BCUT2D eigenvalue weighted by Crippen LogP contribution is 2.08. The summed E-state index contributed by atoms with van der Waals surface area (Å²) in [5, 5.41) is 3.42. The molecular weight excluding hydrogens is 218 g/mol. The van der Waals surface area contributed by atoms with E-state index in [4.69, 9.17) is 4.74 Å². The van der Waals surface area contributed by atoms with Gasteiger partial charge in [-0.1, -0.05) is 28.9 Å². The van der Waals surface area contributed by atoms with Crippen molar-refractivity contribution in [1.82, 2.24) is 5.32 Å². The SMILES string of the molecule is C=C(Br)COCC1CCCCN1. The fraction of sp³-hybridized carbons (Fsp3) is 0.778. The predicted molar refractivity (Wildman–Crippen MR) is 54.5 cm³/mol. The molecule has 1 rings (SSSR count). The van der Waals surface area contributed by atoms with Crippen LogP contribution in [-0.2, 0) is 4.74 Å². The lowest BCUT2D eigenvalue weighted by atomic mass is 10.1. The fourth-order valence-corrected chi connectivity index (χ4v) is 1.54. The van der Waals surface area contributed by atoms with Gasteiger partial charge in [0, 0.05) is 10.5 Å². The Morgan fingerprint density at radius 2 is 2.42 bits per heavy atom. The monoisotopic (exact) mass is 233 g/mol. The Morgan fingerprint density at radius 1 is 1.58 bits per heavy atom. The van der Waals surface area contributed by atoms with Crippen molar-refractivity contribution in [3.63, 3.8) is 0 Å².